The lowest BCUT2D eigenvalue weighted by Gasteiger charge is -2.11. The van der Waals surface area contributed by atoms with Crippen LogP contribution < -0.4 is 0 Å². The lowest BCUT2D eigenvalue weighted by Crippen LogP contribution is -2.07. The number of aromatic nitrogens is 2. The summed E-state index contributed by atoms with van der Waals surface area (Å²) < 4.78 is 7.80. The summed E-state index contributed by atoms with van der Waals surface area (Å²) in [7, 11) is 0. The highest BCUT2D eigenvalue weighted by atomic mass is 16.5. The number of benzene rings is 1. The monoisotopic (exact) mass is 230 g/mol. The van der Waals surface area contributed by atoms with Gasteiger partial charge >= 0.3 is 0 Å². The summed E-state index contributed by atoms with van der Waals surface area (Å²) in [6.07, 6.45) is 3.81. The zero-order chi connectivity index (χ0) is 12.1. The first kappa shape index (κ1) is 11.9. The number of hydrogen-bond acceptors (Lipinski definition) is 2. The van der Waals surface area contributed by atoms with Gasteiger partial charge in [0.1, 0.15) is 12.4 Å². The van der Waals surface area contributed by atoms with E-state index in [4.69, 9.17) is 4.74 Å². The van der Waals surface area contributed by atoms with Crippen molar-refractivity contribution in [3.8, 4) is 0 Å². The molecule has 1 aromatic carbocycles. The van der Waals surface area contributed by atoms with E-state index in [-0.39, 0.29) is 0 Å². The first-order valence-electron chi connectivity index (χ1n) is 5.90. The second-order valence-electron chi connectivity index (χ2n) is 4.32. The van der Waals surface area contributed by atoms with Gasteiger partial charge in [-0.3, -0.25) is 0 Å². The zero-order valence-electron chi connectivity index (χ0n) is 10.3. The minimum absolute atomic E-state index is 0.424. The van der Waals surface area contributed by atoms with Crippen LogP contribution in [0.2, 0.25) is 0 Å². The highest BCUT2D eigenvalue weighted by Gasteiger charge is 2.05. The first-order valence-corrected chi connectivity index (χ1v) is 5.90. The van der Waals surface area contributed by atoms with Gasteiger partial charge in [0.2, 0.25) is 0 Å². The van der Waals surface area contributed by atoms with E-state index >= 15 is 0 Å². The molecule has 0 spiro atoms. The Morgan fingerprint density at radius 1 is 1.18 bits per heavy atom. The Kier molecular flexibility index (Phi) is 3.94. The minimum atomic E-state index is 0.424. The molecule has 1 heterocycles. The maximum absolute atomic E-state index is 5.67. The van der Waals surface area contributed by atoms with E-state index in [1.165, 1.54) is 5.56 Å². The van der Waals surface area contributed by atoms with E-state index < -0.39 is 0 Å². The van der Waals surface area contributed by atoms with Crippen LogP contribution in [0, 0.1) is 0 Å². The Morgan fingerprint density at radius 2 is 1.94 bits per heavy atom. The van der Waals surface area contributed by atoms with E-state index in [0.717, 1.165) is 5.82 Å². The Morgan fingerprint density at radius 3 is 2.65 bits per heavy atom. The van der Waals surface area contributed by atoms with Crippen molar-refractivity contribution in [1.29, 1.82) is 0 Å². The summed E-state index contributed by atoms with van der Waals surface area (Å²) in [6, 6.07) is 10.6. The maximum atomic E-state index is 5.67. The van der Waals surface area contributed by atoms with Crippen LogP contribution in [0.3, 0.4) is 0 Å². The average Bonchev–Trinajstić information content (AvgIpc) is 2.79. The number of imidazole rings is 1. The smallest absolute Gasteiger partial charge is 0.135 e. The Hall–Kier alpha value is -1.61. The largest absolute Gasteiger partial charge is 0.369 e. The second-order valence-corrected chi connectivity index (χ2v) is 4.32. The fourth-order valence-corrected chi connectivity index (χ4v) is 1.76. The van der Waals surface area contributed by atoms with Crippen LogP contribution in [-0.4, -0.2) is 9.55 Å². The van der Waals surface area contributed by atoms with E-state index in [9.17, 15) is 0 Å². The predicted molar refractivity (Wildman–Crippen MR) is 67.5 cm³/mol. The molecule has 17 heavy (non-hydrogen) atoms. The lowest BCUT2D eigenvalue weighted by molar-refractivity contribution is 0.0986. The Balaban J connectivity index is 1.88. The van der Waals surface area contributed by atoms with E-state index in [0.29, 0.717) is 19.3 Å². The summed E-state index contributed by atoms with van der Waals surface area (Å²) in [5, 5.41) is 0. The molecule has 2 rings (SSSR count). The summed E-state index contributed by atoms with van der Waals surface area (Å²) in [5.74, 6) is 0.982. The predicted octanol–water partition coefficient (Wildman–Crippen LogP) is 3.18. The summed E-state index contributed by atoms with van der Waals surface area (Å²) in [5.41, 5.74) is 1.19. The maximum Gasteiger partial charge on any atom is 0.135 e. The minimum Gasteiger partial charge on any atom is -0.369 e. The number of hydrogen-bond donors (Lipinski definition) is 0. The van der Waals surface area contributed by atoms with Gasteiger partial charge in [-0.25, -0.2) is 4.98 Å². The van der Waals surface area contributed by atoms with Gasteiger partial charge in [-0.15, -0.1) is 0 Å². The van der Waals surface area contributed by atoms with Crippen LogP contribution >= 0.6 is 0 Å². The molecule has 0 saturated heterocycles. The molecule has 0 N–H and O–H groups in total. The molecular formula is C14H18N2O. The summed E-state index contributed by atoms with van der Waals surface area (Å²) >= 11 is 0. The topological polar surface area (TPSA) is 27.1 Å². The quantitative estimate of drug-likeness (QED) is 0.788. The average molecular weight is 230 g/mol. The van der Waals surface area contributed by atoms with Gasteiger partial charge in [0, 0.05) is 18.4 Å². The van der Waals surface area contributed by atoms with E-state index in [1.54, 1.807) is 0 Å². The lowest BCUT2D eigenvalue weighted by atomic mass is 10.2. The summed E-state index contributed by atoms with van der Waals surface area (Å²) in [6.45, 7) is 5.47. The van der Waals surface area contributed by atoms with Gasteiger partial charge in [0.15, 0.2) is 0 Å². The number of rotatable bonds is 5. The zero-order valence-corrected chi connectivity index (χ0v) is 10.3. The van der Waals surface area contributed by atoms with Crippen molar-refractivity contribution in [2.45, 2.75) is 33.1 Å². The molecule has 0 atom stereocenters. The molecule has 0 aliphatic carbocycles. The van der Waals surface area contributed by atoms with Gasteiger partial charge in [0.05, 0.1) is 6.61 Å². The van der Waals surface area contributed by atoms with Crippen molar-refractivity contribution in [3.05, 3.63) is 54.1 Å². The van der Waals surface area contributed by atoms with E-state index in [1.807, 2.05) is 30.6 Å². The van der Waals surface area contributed by atoms with Crippen molar-refractivity contribution in [3.63, 3.8) is 0 Å². The molecule has 3 heteroatoms. The molecule has 0 saturated carbocycles. The van der Waals surface area contributed by atoms with Crippen molar-refractivity contribution < 1.29 is 4.74 Å². The van der Waals surface area contributed by atoms with Gasteiger partial charge < -0.3 is 9.30 Å². The fraction of sp³-hybridized carbons (Fsp3) is 0.357. The normalized spacial score (nSPS) is 11.0. The van der Waals surface area contributed by atoms with Crippen molar-refractivity contribution in [1.82, 2.24) is 9.55 Å². The van der Waals surface area contributed by atoms with Crippen LogP contribution in [0.15, 0.2) is 42.7 Å². The number of nitrogens with zero attached hydrogens (tertiary/aromatic N) is 2. The standard InChI is InChI=1S/C14H18N2O/c1-12(2)16-9-8-15-14(16)11-17-10-13-6-4-3-5-7-13/h3-9,12H,10-11H2,1-2H3. The summed E-state index contributed by atoms with van der Waals surface area (Å²) in [4.78, 5) is 4.31. The van der Waals surface area contributed by atoms with Gasteiger partial charge in [0.25, 0.3) is 0 Å². The third kappa shape index (κ3) is 3.17. The molecule has 3 nitrogen and oxygen atoms in total. The highest BCUT2D eigenvalue weighted by molar-refractivity contribution is 5.13. The van der Waals surface area contributed by atoms with E-state index in [2.05, 4.69) is 35.5 Å². The molecule has 1 aromatic heterocycles. The SMILES string of the molecule is CC(C)n1ccnc1COCc1ccccc1. The van der Waals surface area contributed by atoms with Crippen LogP contribution in [0.5, 0.6) is 0 Å². The molecule has 0 aliphatic heterocycles. The van der Waals surface area contributed by atoms with Crippen LogP contribution in [-0.2, 0) is 18.0 Å². The van der Waals surface area contributed by atoms with Crippen molar-refractivity contribution in [2.24, 2.45) is 0 Å². The molecule has 0 unspecified atom stereocenters. The second kappa shape index (κ2) is 5.64. The molecule has 90 valence electrons. The molecule has 2 aromatic rings. The Bertz CT molecular complexity index is 448. The molecule has 0 amide bonds. The third-order valence-corrected chi connectivity index (χ3v) is 2.65. The number of ether oxygens (including phenoxy) is 1. The fourth-order valence-electron chi connectivity index (χ4n) is 1.76. The molecular weight excluding hydrogens is 212 g/mol. The molecule has 0 radical (unpaired) electrons. The first-order chi connectivity index (χ1) is 8.27. The van der Waals surface area contributed by atoms with Crippen molar-refractivity contribution >= 4 is 0 Å². The van der Waals surface area contributed by atoms with Gasteiger partial charge in [-0.2, -0.15) is 0 Å². The van der Waals surface area contributed by atoms with Gasteiger partial charge in [-0.05, 0) is 19.4 Å². The molecule has 0 fully saturated rings. The molecule has 0 aliphatic rings. The van der Waals surface area contributed by atoms with Crippen molar-refractivity contribution in [2.75, 3.05) is 0 Å². The van der Waals surface area contributed by atoms with Crippen LogP contribution in [0.1, 0.15) is 31.3 Å². The van der Waals surface area contributed by atoms with Crippen LogP contribution in [0.25, 0.3) is 0 Å². The Labute approximate surface area is 102 Å². The molecule has 0 bridgehead atoms. The highest BCUT2D eigenvalue weighted by Crippen LogP contribution is 2.10. The van der Waals surface area contributed by atoms with Gasteiger partial charge in [-0.1, -0.05) is 30.3 Å². The third-order valence-electron chi connectivity index (χ3n) is 2.65. The van der Waals surface area contributed by atoms with Crippen LogP contribution in [0.4, 0.5) is 0 Å².